The Kier molecular flexibility index (Phi) is 4.22. The van der Waals surface area contributed by atoms with E-state index in [2.05, 4.69) is 4.72 Å². The predicted molar refractivity (Wildman–Crippen MR) is 72.3 cm³/mol. The van der Waals surface area contributed by atoms with Crippen LogP contribution in [-0.4, -0.2) is 45.6 Å². The van der Waals surface area contributed by atoms with Crippen molar-refractivity contribution in [3.8, 4) is 0 Å². The third-order valence-corrected chi connectivity index (χ3v) is 7.65. The molecule has 1 aliphatic heterocycles. The first-order valence-electron chi connectivity index (χ1n) is 5.80. The van der Waals surface area contributed by atoms with Crippen molar-refractivity contribution in [3.63, 3.8) is 0 Å². The van der Waals surface area contributed by atoms with Crippen molar-refractivity contribution in [2.24, 2.45) is 0 Å². The predicted octanol–water partition coefficient (Wildman–Crippen LogP) is 0.105. The number of sulfonamides is 1. The van der Waals surface area contributed by atoms with Crippen molar-refractivity contribution in [1.29, 1.82) is 0 Å². The van der Waals surface area contributed by atoms with Crippen LogP contribution in [0.1, 0.15) is 12.8 Å². The molecule has 0 saturated carbocycles. The van der Waals surface area contributed by atoms with Crippen LogP contribution < -0.4 is 4.72 Å². The van der Waals surface area contributed by atoms with Gasteiger partial charge < -0.3 is 5.11 Å². The first-order valence-corrected chi connectivity index (χ1v) is 9.92. The standard InChI is InChI=1S/C10H14FNO5S3/c11-8-2-3-9(18-8)20(16,17)12-6-10(13)4-1-5-19(14,15)7-10/h2-3,12-13H,1,4-7H2. The number of hydrogen-bond acceptors (Lipinski definition) is 6. The van der Waals surface area contributed by atoms with Gasteiger partial charge in [0, 0.05) is 6.54 Å². The van der Waals surface area contributed by atoms with Crippen LogP contribution in [0.15, 0.2) is 16.3 Å². The maximum atomic E-state index is 12.8. The molecule has 0 aromatic carbocycles. The van der Waals surface area contributed by atoms with E-state index in [9.17, 15) is 26.3 Å². The van der Waals surface area contributed by atoms with E-state index >= 15 is 0 Å². The molecule has 1 aromatic rings. The Morgan fingerprint density at radius 3 is 2.70 bits per heavy atom. The minimum Gasteiger partial charge on any atom is -0.387 e. The molecule has 10 heteroatoms. The number of sulfone groups is 1. The summed E-state index contributed by atoms with van der Waals surface area (Å²) < 4.78 is 61.4. The number of halogens is 1. The van der Waals surface area contributed by atoms with Gasteiger partial charge in [0.1, 0.15) is 4.21 Å². The van der Waals surface area contributed by atoms with Gasteiger partial charge in [0.2, 0.25) is 10.0 Å². The average molecular weight is 343 g/mol. The maximum Gasteiger partial charge on any atom is 0.250 e. The van der Waals surface area contributed by atoms with Crippen LogP contribution in [0.4, 0.5) is 4.39 Å². The highest BCUT2D eigenvalue weighted by molar-refractivity contribution is 7.92. The first kappa shape index (κ1) is 15.8. The minimum absolute atomic E-state index is 0.00179. The van der Waals surface area contributed by atoms with Gasteiger partial charge in [0.15, 0.2) is 15.0 Å². The van der Waals surface area contributed by atoms with Crippen molar-refractivity contribution in [3.05, 3.63) is 17.3 Å². The van der Waals surface area contributed by atoms with Crippen LogP contribution in [-0.2, 0) is 19.9 Å². The topological polar surface area (TPSA) is 101 Å². The summed E-state index contributed by atoms with van der Waals surface area (Å²) in [4.78, 5) is 0. The lowest BCUT2D eigenvalue weighted by atomic mass is 10.0. The van der Waals surface area contributed by atoms with E-state index in [1.807, 2.05) is 0 Å². The lowest BCUT2D eigenvalue weighted by Gasteiger charge is -2.31. The zero-order chi connectivity index (χ0) is 15.0. The summed E-state index contributed by atoms with van der Waals surface area (Å²) in [5, 5.41) is 9.51. The second-order valence-electron chi connectivity index (χ2n) is 4.80. The Hall–Kier alpha value is -0.550. The SMILES string of the molecule is O=S1(=O)CCCC(O)(CNS(=O)(=O)c2ccc(F)s2)C1. The molecule has 20 heavy (non-hydrogen) atoms. The van der Waals surface area contributed by atoms with E-state index in [1.54, 1.807) is 0 Å². The van der Waals surface area contributed by atoms with Gasteiger partial charge in [-0.2, -0.15) is 4.39 Å². The Morgan fingerprint density at radius 1 is 1.45 bits per heavy atom. The fourth-order valence-corrected chi connectivity index (χ4v) is 6.02. The van der Waals surface area contributed by atoms with Gasteiger partial charge in [-0.15, -0.1) is 0 Å². The van der Waals surface area contributed by atoms with E-state index in [0.717, 1.165) is 12.1 Å². The van der Waals surface area contributed by atoms with Gasteiger partial charge in [-0.05, 0) is 25.0 Å². The van der Waals surface area contributed by atoms with Crippen molar-refractivity contribution < 1.29 is 26.3 Å². The molecule has 114 valence electrons. The van der Waals surface area contributed by atoms with Crippen LogP contribution in [0.3, 0.4) is 0 Å². The van der Waals surface area contributed by atoms with Crippen molar-refractivity contribution in [2.75, 3.05) is 18.1 Å². The van der Waals surface area contributed by atoms with Crippen LogP contribution in [0, 0.1) is 5.13 Å². The highest BCUT2D eigenvalue weighted by Crippen LogP contribution is 2.24. The molecule has 2 rings (SSSR count). The van der Waals surface area contributed by atoms with Crippen LogP contribution in [0.25, 0.3) is 0 Å². The molecule has 2 N–H and O–H groups in total. The second-order valence-corrected chi connectivity index (χ2v) is 10.0. The lowest BCUT2D eigenvalue weighted by Crippen LogP contribution is -2.50. The van der Waals surface area contributed by atoms with Crippen molar-refractivity contribution >= 4 is 31.2 Å². The maximum absolute atomic E-state index is 12.8. The van der Waals surface area contributed by atoms with E-state index in [1.165, 1.54) is 0 Å². The fourth-order valence-electron chi connectivity index (χ4n) is 2.06. The Labute approximate surface area is 120 Å². The number of aliphatic hydroxyl groups is 1. The summed E-state index contributed by atoms with van der Waals surface area (Å²) in [5.74, 6) is -0.473. The number of hydrogen-bond donors (Lipinski definition) is 2. The fraction of sp³-hybridized carbons (Fsp3) is 0.600. The molecule has 1 atom stereocenters. The molecular weight excluding hydrogens is 329 g/mol. The van der Waals surface area contributed by atoms with Gasteiger partial charge in [-0.3, -0.25) is 0 Å². The van der Waals surface area contributed by atoms with E-state index in [0.29, 0.717) is 11.3 Å². The van der Waals surface area contributed by atoms with Crippen LogP contribution >= 0.6 is 11.3 Å². The Balaban J connectivity index is 2.08. The van der Waals surface area contributed by atoms with Crippen molar-refractivity contribution in [2.45, 2.75) is 22.7 Å². The monoisotopic (exact) mass is 343 g/mol. The molecule has 2 heterocycles. The third-order valence-electron chi connectivity index (χ3n) is 2.99. The van der Waals surface area contributed by atoms with E-state index < -0.39 is 42.9 Å². The molecule has 0 bridgehead atoms. The summed E-state index contributed by atoms with van der Waals surface area (Å²) in [5.41, 5.74) is -1.61. The Bertz CT molecular complexity index is 696. The molecule has 0 amide bonds. The van der Waals surface area contributed by atoms with Crippen LogP contribution in [0.5, 0.6) is 0 Å². The molecule has 1 fully saturated rings. The van der Waals surface area contributed by atoms with E-state index in [-0.39, 0.29) is 22.8 Å². The molecule has 6 nitrogen and oxygen atoms in total. The third kappa shape index (κ3) is 3.76. The highest BCUT2D eigenvalue weighted by Gasteiger charge is 2.38. The van der Waals surface area contributed by atoms with Gasteiger partial charge in [-0.1, -0.05) is 11.3 Å². The van der Waals surface area contributed by atoms with E-state index in [4.69, 9.17) is 0 Å². The zero-order valence-corrected chi connectivity index (χ0v) is 12.8. The largest absolute Gasteiger partial charge is 0.387 e. The number of rotatable bonds is 4. The molecule has 1 saturated heterocycles. The molecule has 0 radical (unpaired) electrons. The van der Waals surface area contributed by atoms with Crippen molar-refractivity contribution in [1.82, 2.24) is 4.72 Å². The highest BCUT2D eigenvalue weighted by atomic mass is 32.2. The molecule has 1 aliphatic rings. The second kappa shape index (κ2) is 5.34. The van der Waals surface area contributed by atoms with Gasteiger partial charge in [0.05, 0.1) is 17.1 Å². The quantitative estimate of drug-likeness (QED) is 0.808. The summed E-state index contributed by atoms with van der Waals surface area (Å²) >= 11 is 0.463. The van der Waals surface area contributed by atoms with Crippen LogP contribution in [0.2, 0.25) is 0 Å². The number of nitrogens with one attached hydrogen (secondary N) is 1. The van der Waals surface area contributed by atoms with Gasteiger partial charge in [-0.25, -0.2) is 21.6 Å². The molecule has 0 spiro atoms. The summed E-state index contributed by atoms with van der Waals surface area (Å²) in [6, 6.07) is 2.14. The summed E-state index contributed by atoms with van der Waals surface area (Å²) in [7, 11) is -7.30. The van der Waals surface area contributed by atoms with Gasteiger partial charge in [0.25, 0.3) is 0 Å². The lowest BCUT2D eigenvalue weighted by molar-refractivity contribution is 0.0551. The van der Waals surface area contributed by atoms with Gasteiger partial charge >= 0.3 is 0 Å². The minimum atomic E-state index is -3.94. The number of thiophene rings is 1. The molecule has 0 aliphatic carbocycles. The normalized spacial score (nSPS) is 26.5. The molecular formula is C10H14FNO5S3. The first-order chi connectivity index (χ1) is 9.12. The smallest absolute Gasteiger partial charge is 0.250 e. The molecule has 1 unspecified atom stereocenters. The average Bonchev–Trinajstić information content (AvgIpc) is 2.73. The molecule has 1 aromatic heterocycles. The Morgan fingerprint density at radius 2 is 2.15 bits per heavy atom. The summed E-state index contributed by atoms with van der Waals surface area (Å²) in [6.07, 6.45) is 0.488. The zero-order valence-electron chi connectivity index (χ0n) is 10.4. The summed E-state index contributed by atoms with van der Waals surface area (Å²) in [6.45, 7) is -0.409.